The van der Waals surface area contributed by atoms with Gasteiger partial charge in [0, 0.05) is 23.4 Å². The Balaban J connectivity index is 2.28. The summed E-state index contributed by atoms with van der Waals surface area (Å²) in [4.78, 5) is 12.5. The molecule has 0 fully saturated rings. The number of aryl methyl sites for hydroxylation is 1. The third-order valence-electron chi connectivity index (χ3n) is 3.03. The molecule has 0 saturated heterocycles. The van der Waals surface area contributed by atoms with Crippen molar-refractivity contribution < 1.29 is 0 Å². The van der Waals surface area contributed by atoms with Gasteiger partial charge in [0.15, 0.2) is 0 Å². The zero-order valence-electron chi connectivity index (χ0n) is 12.1. The molecule has 0 aromatic carbocycles. The second-order valence-corrected chi connectivity index (χ2v) is 6.44. The van der Waals surface area contributed by atoms with Crippen molar-refractivity contribution in [3.8, 4) is 0 Å². The Morgan fingerprint density at radius 2 is 2.15 bits per heavy atom. The molecule has 108 valence electrons. The van der Waals surface area contributed by atoms with E-state index in [9.17, 15) is 0 Å². The van der Waals surface area contributed by atoms with Crippen LogP contribution in [0.1, 0.15) is 37.9 Å². The van der Waals surface area contributed by atoms with Crippen molar-refractivity contribution in [3.05, 3.63) is 39.4 Å². The molecular weight excluding hydrogens is 290 g/mol. The van der Waals surface area contributed by atoms with Crippen molar-refractivity contribution >= 4 is 28.8 Å². The Morgan fingerprint density at radius 1 is 1.35 bits per heavy atom. The standard InChI is InChI=1S/C15H20ClN3S/c1-4-6-14-17-13(16)9-15(18-14)19(11(2)3)10-12-7-5-8-20-12/h5,7-9,11H,4,6,10H2,1-3H3. The van der Waals surface area contributed by atoms with Crippen LogP contribution in [0.15, 0.2) is 23.6 Å². The minimum absolute atomic E-state index is 0.359. The van der Waals surface area contributed by atoms with Crippen LogP contribution in [-0.2, 0) is 13.0 Å². The highest BCUT2D eigenvalue weighted by molar-refractivity contribution is 7.09. The number of anilines is 1. The molecule has 0 bridgehead atoms. The topological polar surface area (TPSA) is 29.0 Å². The van der Waals surface area contributed by atoms with E-state index in [4.69, 9.17) is 11.6 Å². The van der Waals surface area contributed by atoms with E-state index in [2.05, 4.69) is 53.2 Å². The van der Waals surface area contributed by atoms with Gasteiger partial charge in [-0.15, -0.1) is 11.3 Å². The molecule has 0 spiro atoms. The molecule has 0 saturated carbocycles. The normalized spacial score (nSPS) is 11.1. The Kier molecular flexibility index (Phi) is 5.38. The van der Waals surface area contributed by atoms with Gasteiger partial charge in [0.25, 0.3) is 0 Å². The second kappa shape index (κ2) is 7.04. The van der Waals surface area contributed by atoms with Gasteiger partial charge in [0.05, 0.1) is 6.54 Å². The summed E-state index contributed by atoms with van der Waals surface area (Å²) in [6.45, 7) is 7.32. The SMILES string of the molecule is CCCc1nc(Cl)cc(N(Cc2cccs2)C(C)C)n1. The molecule has 5 heteroatoms. The summed E-state index contributed by atoms with van der Waals surface area (Å²) in [6, 6.07) is 6.44. The first-order valence-corrected chi connectivity index (χ1v) is 8.18. The van der Waals surface area contributed by atoms with Crippen LogP contribution >= 0.6 is 22.9 Å². The van der Waals surface area contributed by atoms with Crippen LogP contribution in [0.4, 0.5) is 5.82 Å². The molecule has 0 radical (unpaired) electrons. The van der Waals surface area contributed by atoms with E-state index in [0.29, 0.717) is 11.2 Å². The second-order valence-electron chi connectivity index (χ2n) is 5.02. The van der Waals surface area contributed by atoms with E-state index in [-0.39, 0.29) is 0 Å². The predicted octanol–water partition coefficient (Wildman–Crippen LogP) is 4.56. The summed E-state index contributed by atoms with van der Waals surface area (Å²) < 4.78 is 0. The maximum Gasteiger partial charge on any atom is 0.134 e. The lowest BCUT2D eigenvalue weighted by Gasteiger charge is -2.27. The average molecular weight is 310 g/mol. The van der Waals surface area contributed by atoms with Crippen molar-refractivity contribution in [2.45, 2.75) is 46.2 Å². The van der Waals surface area contributed by atoms with Crippen LogP contribution in [0, 0.1) is 0 Å². The van der Waals surface area contributed by atoms with E-state index in [0.717, 1.165) is 31.0 Å². The smallest absolute Gasteiger partial charge is 0.134 e. The highest BCUT2D eigenvalue weighted by Crippen LogP contribution is 2.23. The lowest BCUT2D eigenvalue weighted by Crippen LogP contribution is -2.31. The van der Waals surface area contributed by atoms with Crippen molar-refractivity contribution in [1.82, 2.24) is 9.97 Å². The first kappa shape index (κ1) is 15.3. The molecule has 2 aromatic rings. The third-order valence-corrected chi connectivity index (χ3v) is 4.08. The maximum absolute atomic E-state index is 6.14. The number of hydrogen-bond donors (Lipinski definition) is 0. The van der Waals surface area contributed by atoms with Gasteiger partial charge >= 0.3 is 0 Å². The quantitative estimate of drug-likeness (QED) is 0.733. The highest BCUT2D eigenvalue weighted by atomic mass is 35.5. The minimum atomic E-state index is 0.359. The monoisotopic (exact) mass is 309 g/mol. The molecule has 20 heavy (non-hydrogen) atoms. The van der Waals surface area contributed by atoms with Crippen LogP contribution in [0.5, 0.6) is 0 Å². The molecule has 0 N–H and O–H groups in total. The highest BCUT2D eigenvalue weighted by Gasteiger charge is 2.15. The van der Waals surface area contributed by atoms with E-state index in [1.165, 1.54) is 4.88 Å². The Labute approximate surface area is 129 Å². The number of nitrogens with zero attached hydrogens (tertiary/aromatic N) is 3. The summed E-state index contributed by atoms with van der Waals surface area (Å²) in [5, 5.41) is 2.62. The largest absolute Gasteiger partial charge is 0.349 e. The van der Waals surface area contributed by atoms with Crippen LogP contribution < -0.4 is 4.90 Å². The first-order valence-electron chi connectivity index (χ1n) is 6.92. The van der Waals surface area contributed by atoms with Crippen LogP contribution in [-0.4, -0.2) is 16.0 Å². The van der Waals surface area contributed by atoms with Crippen molar-refractivity contribution in [2.24, 2.45) is 0 Å². The summed E-state index contributed by atoms with van der Waals surface area (Å²) in [5.41, 5.74) is 0. The fourth-order valence-electron chi connectivity index (χ4n) is 2.03. The Hall–Kier alpha value is -1.13. The molecule has 3 nitrogen and oxygen atoms in total. The van der Waals surface area contributed by atoms with Crippen molar-refractivity contribution in [1.29, 1.82) is 0 Å². The first-order chi connectivity index (χ1) is 9.60. The maximum atomic E-state index is 6.14. The minimum Gasteiger partial charge on any atom is -0.349 e. The van der Waals surface area contributed by atoms with Gasteiger partial charge in [-0.25, -0.2) is 9.97 Å². The number of aromatic nitrogens is 2. The van der Waals surface area contributed by atoms with Crippen LogP contribution in [0.25, 0.3) is 0 Å². The van der Waals surface area contributed by atoms with E-state index in [1.807, 2.05) is 6.07 Å². The van der Waals surface area contributed by atoms with Crippen LogP contribution in [0.2, 0.25) is 5.15 Å². The number of hydrogen-bond acceptors (Lipinski definition) is 4. The van der Waals surface area contributed by atoms with Crippen molar-refractivity contribution in [2.75, 3.05) is 4.90 Å². The van der Waals surface area contributed by atoms with Gasteiger partial charge < -0.3 is 4.90 Å². The van der Waals surface area contributed by atoms with Gasteiger partial charge in [-0.05, 0) is 31.7 Å². The van der Waals surface area contributed by atoms with Gasteiger partial charge in [0.2, 0.25) is 0 Å². The molecule has 2 rings (SSSR count). The lowest BCUT2D eigenvalue weighted by molar-refractivity contribution is 0.670. The summed E-state index contributed by atoms with van der Waals surface area (Å²) in [5.74, 6) is 1.74. The molecular formula is C15H20ClN3S. The van der Waals surface area contributed by atoms with Gasteiger partial charge in [0.1, 0.15) is 16.8 Å². The Bertz CT molecular complexity index is 540. The summed E-state index contributed by atoms with van der Waals surface area (Å²) >= 11 is 7.91. The molecule has 0 atom stereocenters. The Morgan fingerprint density at radius 3 is 2.75 bits per heavy atom. The fourth-order valence-corrected chi connectivity index (χ4v) is 2.93. The van der Waals surface area contributed by atoms with Gasteiger partial charge in [-0.3, -0.25) is 0 Å². The molecule has 2 aromatic heterocycles. The van der Waals surface area contributed by atoms with Gasteiger partial charge in [-0.2, -0.15) is 0 Å². The third kappa shape index (κ3) is 3.93. The zero-order chi connectivity index (χ0) is 14.5. The van der Waals surface area contributed by atoms with Gasteiger partial charge in [-0.1, -0.05) is 24.6 Å². The zero-order valence-corrected chi connectivity index (χ0v) is 13.7. The van der Waals surface area contributed by atoms with E-state index < -0.39 is 0 Å². The molecule has 0 amide bonds. The van der Waals surface area contributed by atoms with E-state index >= 15 is 0 Å². The predicted molar refractivity (Wildman–Crippen MR) is 86.7 cm³/mol. The van der Waals surface area contributed by atoms with E-state index in [1.54, 1.807) is 11.3 Å². The molecule has 2 heterocycles. The number of thiophene rings is 1. The summed E-state index contributed by atoms with van der Waals surface area (Å²) in [6.07, 6.45) is 1.88. The molecule has 0 unspecified atom stereocenters. The molecule has 0 aliphatic heterocycles. The molecule has 0 aliphatic rings. The van der Waals surface area contributed by atoms with Crippen LogP contribution in [0.3, 0.4) is 0 Å². The number of halogens is 1. The average Bonchev–Trinajstić information content (AvgIpc) is 2.88. The number of rotatable bonds is 6. The lowest BCUT2D eigenvalue weighted by atomic mass is 10.2. The summed E-state index contributed by atoms with van der Waals surface area (Å²) in [7, 11) is 0. The fraction of sp³-hybridized carbons (Fsp3) is 0.467. The van der Waals surface area contributed by atoms with Crippen molar-refractivity contribution in [3.63, 3.8) is 0 Å². The molecule has 0 aliphatic carbocycles.